The Balaban J connectivity index is 1.95. The number of carbonyl (C=O) groups is 1. The molecule has 1 aromatic carbocycles. The van der Waals surface area contributed by atoms with Crippen LogP contribution in [0.3, 0.4) is 0 Å². The third-order valence-corrected chi connectivity index (χ3v) is 3.53. The predicted octanol–water partition coefficient (Wildman–Crippen LogP) is 2.51. The van der Waals surface area contributed by atoms with E-state index in [1.54, 1.807) is 18.2 Å². The average molecular weight is 329 g/mol. The van der Waals surface area contributed by atoms with Gasteiger partial charge in [-0.05, 0) is 36.8 Å². The van der Waals surface area contributed by atoms with Crippen molar-refractivity contribution in [3.8, 4) is 11.3 Å². The van der Waals surface area contributed by atoms with Gasteiger partial charge in [-0.15, -0.1) is 0 Å². The summed E-state index contributed by atoms with van der Waals surface area (Å²) in [6.07, 6.45) is 1.52. The fourth-order valence-corrected chi connectivity index (χ4v) is 2.39. The molecule has 8 heteroatoms. The third kappa shape index (κ3) is 2.97. The molecule has 0 aliphatic carbocycles. The fraction of sp³-hybridized carbons (Fsp3) is 0.0667. The van der Waals surface area contributed by atoms with Crippen LogP contribution < -0.4 is 10.6 Å². The second kappa shape index (κ2) is 5.65. The van der Waals surface area contributed by atoms with Crippen molar-refractivity contribution in [3.05, 3.63) is 57.5 Å². The zero-order valence-corrected chi connectivity index (χ0v) is 12.8. The number of nitro benzene ring substituents is 1. The molecule has 2 aromatic rings. The summed E-state index contributed by atoms with van der Waals surface area (Å²) in [5.41, 5.74) is 1.75. The number of furan rings is 1. The highest BCUT2D eigenvalue weighted by molar-refractivity contribution is 7.80. The summed E-state index contributed by atoms with van der Waals surface area (Å²) in [5.74, 6) is 0.590. The molecular weight excluding hydrogens is 318 g/mol. The first kappa shape index (κ1) is 14.9. The van der Waals surface area contributed by atoms with E-state index in [9.17, 15) is 14.9 Å². The van der Waals surface area contributed by atoms with E-state index in [0.29, 0.717) is 17.1 Å². The summed E-state index contributed by atoms with van der Waals surface area (Å²) in [5, 5.41) is 16.3. The maximum Gasteiger partial charge on any atom is 0.274 e. The molecule has 0 saturated carbocycles. The van der Waals surface area contributed by atoms with Crippen molar-refractivity contribution in [1.29, 1.82) is 0 Å². The van der Waals surface area contributed by atoms with Gasteiger partial charge >= 0.3 is 0 Å². The quantitative estimate of drug-likeness (QED) is 0.389. The molecule has 2 N–H and O–H groups in total. The number of hydrogen-bond donors (Lipinski definition) is 2. The Morgan fingerprint density at radius 1 is 1.26 bits per heavy atom. The Bertz CT molecular complexity index is 869. The van der Waals surface area contributed by atoms with Crippen molar-refractivity contribution in [1.82, 2.24) is 10.6 Å². The van der Waals surface area contributed by atoms with Crippen LogP contribution in [0.1, 0.15) is 11.3 Å². The van der Waals surface area contributed by atoms with Crippen molar-refractivity contribution in [2.45, 2.75) is 6.92 Å². The van der Waals surface area contributed by atoms with Crippen molar-refractivity contribution < 1.29 is 14.1 Å². The van der Waals surface area contributed by atoms with E-state index in [2.05, 4.69) is 10.6 Å². The van der Waals surface area contributed by atoms with E-state index in [1.807, 2.05) is 6.92 Å². The molecule has 7 nitrogen and oxygen atoms in total. The maximum absolute atomic E-state index is 11.6. The Labute approximate surface area is 136 Å². The standard InChI is InChI=1S/C15H11N3O4S/c1-8-2-3-9(18(20)21)6-11(8)13-5-4-10(22-13)7-12-14(19)17-15(23)16-12/h2-7H,1H3,(H2,16,17,19,23)/b12-7+. The topological polar surface area (TPSA) is 97.4 Å². The average Bonchev–Trinajstić information content (AvgIpc) is 3.06. The van der Waals surface area contributed by atoms with Crippen LogP contribution in [0.2, 0.25) is 0 Å². The van der Waals surface area contributed by atoms with Crippen LogP contribution in [0.15, 0.2) is 40.4 Å². The van der Waals surface area contributed by atoms with Gasteiger partial charge in [0, 0.05) is 23.8 Å². The minimum absolute atomic E-state index is 0.0101. The number of carbonyl (C=O) groups excluding carboxylic acids is 1. The second-order valence-corrected chi connectivity index (χ2v) is 5.33. The van der Waals surface area contributed by atoms with E-state index in [-0.39, 0.29) is 22.4 Å². The van der Waals surface area contributed by atoms with Crippen LogP contribution in [-0.4, -0.2) is 15.9 Å². The number of nitro groups is 1. The monoisotopic (exact) mass is 329 g/mol. The van der Waals surface area contributed by atoms with Crippen LogP contribution in [0.25, 0.3) is 17.4 Å². The molecule has 0 radical (unpaired) electrons. The highest BCUT2D eigenvalue weighted by Gasteiger charge is 2.21. The van der Waals surface area contributed by atoms with Gasteiger partial charge in [0.15, 0.2) is 5.11 Å². The number of nitrogens with zero attached hydrogens (tertiary/aromatic N) is 1. The molecule has 1 aliphatic heterocycles. The fourth-order valence-electron chi connectivity index (χ4n) is 2.19. The van der Waals surface area contributed by atoms with Crippen LogP contribution in [-0.2, 0) is 4.79 Å². The molecule has 116 valence electrons. The van der Waals surface area contributed by atoms with Gasteiger partial charge in [0.05, 0.1) is 4.92 Å². The number of hydrogen-bond acceptors (Lipinski definition) is 5. The highest BCUT2D eigenvalue weighted by atomic mass is 32.1. The molecular formula is C15H11N3O4S. The lowest BCUT2D eigenvalue weighted by Gasteiger charge is -2.02. The van der Waals surface area contributed by atoms with Crippen LogP contribution in [0.5, 0.6) is 0 Å². The Morgan fingerprint density at radius 2 is 2.04 bits per heavy atom. The van der Waals surface area contributed by atoms with Gasteiger partial charge in [-0.1, -0.05) is 6.07 Å². The highest BCUT2D eigenvalue weighted by Crippen LogP contribution is 2.29. The molecule has 0 spiro atoms. The van der Waals surface area contributed by atoms with E-state index in [1.165, 1.54) is 18.2 Å². The van der Waals surface area contributed by atoms with Crippen molar-refractivity contribution in [3.63, 3.8) is 0 Å². The van der Waals surface area contributed by atoms with E-state index in [0.717, 1.165) is 5.56 Å². The predicted molar refractivity (Wildman–Crippen MR) is 87.4 cm³/mol. The summed E-state index contributed by atoms with van der Waals surface area (Å²) in [7, 11) is 0. The molecule has 1 aromatic heterocycles. The van der Waals surface area contributed by atoms with Crippen molar-refractivity contribution in [2.24, 2.45) is 0 Å². The van der Waals surface area contributed by atoms with Gasteiger partial charge in [-0.2, -0.15) is 0 Å². The number of benzene rings is 1. The summed E-state index contributed by atoms with van der Waals surface area (Å²) < 4.78 is 5.67. The van der Waals surface area contributed by atoms with Crippen molar-refractivity contribution >= 4 is 35.0 Å². The lowest BCUT2D eigenvalue weighted by molar-refractivity contribution is -0.384. The smallest absolute Gasteiger partial charge is 0.274 e. The van der Waals surface area contributed by atoms with E-state index >= 15 is 0 Å². The number of aryl methyl sites for hydroxylation is 1. The lowest BCUT2D eigenvalue weighted by Crippen LogP contribution is -2.21. The summed E-state index contributed by atoms with van der Waals surface area (Å²) in [6, 6.07) is 7.94. The van der Waals surface area contributed by atoms with Gasteiger partial charge in [0.25, 0.3) is 11.6 Å². The first-order valence-electron chi connectivity index (χ1n) is 6.63. The Hall–Kier alpha value is -3.00. The number of nitrogens with one attached hydrogen (secondary N) is 2. The van der Waals surface area contributed by atoms with Gasteiger partial charge in [-0.3, -0.25) is 20.2 Å². The van der Waals surface area contributed by atoms with Crippen LogP contribution in [0, 0.1) is 17.0 Å². The van der Waals surface area contributed by atoms with Gasteiger partial charge in [-0.25, -0.2) is 0 Å². The first-order valence-corrected chi connectivity index (χ1v) is 7.04. The Morgan fingerprint density at radius 3 is 2.70 bits per heavy atom. The summed E-state index contributed by atoms with van der Waals surface area (Å²) >= 11 is 4.85. The largest absolute Gasteiger partial charge is 0.457 e. The molecule has 2 heterocycles. The van der Waals surface area contributed by atoms with E-state index < -0.39 is 4.92 Å². The molecule has 0 atom stereocenters. The normalized spacial score (nSPS) is 15.6. The van der Waals surface area contributed by atoms with Crippen molar-refractivity contribution in [2.75, 3.05) is 0 Å². The zero-order valence-electron chi connectivity index (χ0n) is 12.0. The summed E-state index contributed by atoms with van der Waals surface area (Å²) in [6.45, 7) is 1.84. The number of amides is 1. The maximum atomic E-state index is 11.6. The molecule has 1 fully saturated rings. The number of non-ortho nitro benzene ring substituents is 1. The molecule has 1 amide bonds. The van der Waals surface area contributed by atoms with Gasteiger partial charge < -0.3 is 9.73 Å². The van der Waals surface area contributed by atoms with Gasteiger partial charge in [0.1, 0.15) is 17.2 Å². The first-order chi connectivity index (χ1) is 10.9. The molecule has 3 rings (SSSR count). The SMILES string of the molecule is Cc1ccc([N+](=O)[O-])cc1-c1ccc(/C=C2/NC(=S)NC2=O)o1. The van der Waals surface area contributed by atoms with Gasteiger partial charge in [0.2, 0.25) is 0 Å². The van der Waals surface area contributed by atoms with Crippen LogP contribution in [0.4, 0.5) is 5.69 Å². The number of thiocarbonyl (C=S) groups is 1. The molecule has 1 aliphatic rings. The van der Waals surface area contributed by atoms with Crippen LogP contribution >= 0.6 is 12.2 Å². The zero-order chi connectivity index (χ0) is 16.6. The minimum atomic E-state index is -0.456. The molecule has 0 unspecified atom stereocenters. The summed E-state index contributed by atoms with van der Waals surface area (Å²) in [4.78, 5) is 22.0. The molecule has 1 saturated heterocycles. The Kier molecular flexibility index (Phi) is 3.67. The molecule has 23 heavy (non-hydrogen) atoms. The third-order valence-electron chi connectivity index (χ3n) is 3.33. The number of rotatable bonds is 3. The molecule has 0 bridgehead atoms. The van der Waals surface area contributed by atoms with E-state index in [4.69, 9.17) is 16.6 Å². The minimum Gasteiger partial charge on any atom is -0.457 e. The lowest BCUT2D eigenvalue weighted by atomic mass is 10.1. The second-order valence-electron chi connectivity index (χ2n) is 4.92.